The van der Waals surface area contributed by atoms with Crippen molar-refractivity contribution < 1.29 is 9.18 Å². The average molecular weight is 417 g/mol. The molecule has 1 saturated heterocycles. The van der Waals surface area contributed by atoms with Crippen LogP contribution in [0.1, 0.15) is 32.3 Å². The molecule has 4 heteroatoms. The minimum Gasteiger partial charge on any atom is -0.326 e. The molecule has 0 unspecified atom stereocenters. The minimum absolute atomic E-state index is 0.0128. The Hall–Kier alpha value is -2.98. The summed E-state index contributed by atoms with van der Waals surface area (Å²) in [6.07, 6.45) is 0. The van der Waals surface area contributed by atoms with Crippen LogP contribution in [0.4, 0.5) is 10.1 Å². The van der Waals surface area contributed by atoms with Crippen LogP contribution in [0.3, 0.4) is 0 Å². The molecule has 2 atom stereocenters. The summed E-state index contributed by atoms with van der Waals surface area (Å²) in [7, 11) is 0. The Morgan fingerprint density at radius 2 is 1.45 bits per heavy atom. The molecule has 3 aromatic carbocycles. The number of nitrogens with zero attached hydrogens (tertiary/aromatic N) is 1. The van der Waals surface area contributed by atoms with Gasteiger partial charge in [0.15, 0.2) is 0 Å². The number of carbonyl (C=O) groups excluding carboxylic acids is 1. The molecule has 1 N–H and O–H groups in total. The second-order valence-electron chi connectivity index (χ2n) is 9.27. The normalized spacial score (nSPS) is 19.4. The van der Waals surface area contributed by atoms with Crippen LogP contribution in [0, 0.1) is 11.7 Å². The molecule has 0 aromatic heterocycles. The van der Waals surface area contributed by atoms with Gasteiger partial charge in [0, 0.05) is 30.2 Å². The number of anilines is 1. The van der Waals surface area contributed by atoms with Crippen LogP contribution in [0.25, 0.3) is 11.1 Å². The van der Waals surface area contributed by atoms with E-state index in [1.54, 1.807) is 12.1 Å². The van der Waals surface area contributed by atoms with Crippen molar-refractivity contribution in [2.45, 2.75) is 32.2 Å². The van der Waals surface area contributed by atoms with Gasteiger partial charge in [-0.05, 0) is 61.7 Å². The Morgan fingerprint density at radius 3 is 2.03 bits per heavy atom. The minimum atomic E-state index is -0.249. The van der Waals surface area contributed by atoms with E-state index in [0.717, 1.165) is 29.9 Å². The standard InChI is InChI=1S/C27H29FN2O/c1-27(2,3)30-17-24(21-7-5-4-6-8-21)25(18-30)26(31)29-23-15-11-20(12-16-23)19-9-13-22(28)14-10-19/h4-16,24-25H,17-18H2,1-3H3,(H,29,31)/t24-,25+/m0/s1. The molecule has 1 heterocycles. The highest BCUT2D eigenvalue weighted by Gasteiger charge is 2.41. The topological polar surface area (TPSA) is 32.3 Å². The van der Waals surface area contributed by atoms with Gasteiger partial charge >= 0.3 is 0 Å². The predicted octanol–water partition coefficient (Wildman–Crippen LogP) is 5.95. The van der Waals surface area contributed by atoms with Gasteiger partial charge in [-0.3, -0.25) is 9.69 Å². The zero-order valence-corrected chi connectivity index (χ0v) is 18.3. The molecular formula is C27H29FN2O. The number of rotatable bonds is 4. The van der Waals surface area contributed by atoms with Crippen LogP contribution in [0.15, 0.2) is 78.9 Å². The smallest absolute Gasteiger partial charge is 0.229 e. The summed E-state index contributed by atoms with van der Waals surface area (Å²) in [6, 6.07) is 24.5. The SMILES string of the molecule is CC(C)(C)N1C[C@@H](C(=O)Nc2ccc(-c3ccc(F)cc3)cc2)[C@H](c2ccccc2)C1. The van der Waals surface area contributed by atoms with E-state index in [4.69, 9.17) is 0 Å². The molecule has 4 rings (SSSR count). The summed E-state index contributed by atoms with van der Waals surface area (Å²) in [5.74, 6) is -0.145. The number of halogens is 1. The number of likely N-dealkylation sites (tertiary alicyclic amines) is 1. The second kappa shape index (κ2) is 8.64. The van der Waals surface area contributed by atoms with E-state index in [1.165, 1.54) is 17.7 Å². The molecule has 160 valence electrons. The second-order valence-corrected chi connectivity index (χ2v) is 9.27. The van der Waals surface area contributed by atoms with Crippen LogP contribution in [-0.4, -0.2) is 29.4 Å². The number of hydrogen-bond acceptors (Lipinski definition) is 2. The first-order valence-electron chi connectivity index (χ1n) is 10.8. The van der Waals surface area contributed by atoms with Crippen molar-refractivity contribution in [1.29, 1.82) is 0 Å². The van der Waals surface area contributed by atoms with E-state index in [2.05, 4.69) is 43.1 Å². The van der Waals surface area contributed by atoms with Crippen molar-refractivity contribution >= 4 is 11.6 Å². The number of carbonyl (C=O) groups is 1. The summed E-state index contributed by atoms with van der Waals surface area (Å²) < 4.78 is 13.2. The van der Waals surface area contributed by atoms with E-state index in [0.29, 0.717) is 0 Å². The molecule has 0 aliphatic carbocycles. The fourth-order valence-electron chi connectivity index (χ4n) is 4.28. The highest BCUT2D eigenvalue weighted by molar-refractivity contribution is 5.94. The third kappa shape index (κ3) is 4.86. The van der Waals surface area contributed by atoms with Crippen LogP contribution < -0.4 is 5.32 Å². The first-order chi connectivity index (χ1) is 14.8. The highest BCUT2D eigenvalue weighted by atomic mass is 19.1. The summed E-state index contributed by atoms with van der Waals surface area (Å²) >= 11 is 0. The summed E-state index contributed by atoms with van der Waals surface area (Å²) in [4.78, 5) is 15.7. The molecule has 0 spiro atoms. The Labute approximate surface area is 183 Å². The molecule has 1 fully saturated rings. The maximum atomic E-state index is 13.3. The van der Waals surface area contributed by atoms with Gasteiger partial charge in [0.1, 0.15) is 5.82 Å². The molecule has 31 heavy (non-hydrogen) atoms. The quantitative estimate of drug-likeness (QED) is 0.570. The van der Waals surface area contributed by atoms with Gasteiger partial charge in [-0.15, -0.1) is 0 Å². The number of nitrogens with one attached hydrogen (secondary N) is 1. The van der Waals surface area contributed by atoms with Gasteiger partial charge in [-0.2, -0.15) is 0 Å². The molecule has 1 amide bonds. The summed E-state index contributed by atoms with van der Waals surface area (Å²) in [6.45, 7) is 8.20. The van der Waals surface area contributed by atoms with E-state index in [1.807, 2.05) is 42.5 Å². The zero-order chi connectivity index (χ0) is 22.0. The molecule has 3 aromatic rings. The van der Waals surface area contributed by atoms with Crippen molar-refractivity contribution in [2.75, 3.05) is 18.4 Å². The molecular weight excluding hydrogens is 387 g/mol. The number of benzene rings is 3. The van der Waals surface area contributed by atoms with Crippen molar-refractivity contribution in [3.63, 3.8) is 0 Å². The molecule has 3 nitrogen and oxygen atoms in total. The van der Waals surface area contributed by atoms with Crippen LogP contribution >= 0.6 is 0 Å². The lowest BCUT2D eigenvalue weighted by Gasteiger charge is -2.31. The molecule has 1 aliphatic heterocycles. The fourth-order valence-corrected chi connectivity index (χ4v) is 4.28. The zero-order valence-electron chi connectivity index (χ0n) is 18.3. The Kier molecular flexibility index (Phi) is 5.92. The van der Waals surface area contributed by atoms with Crippen LogP contribution in [0.2, 0.25) is 0 Å². The van der Waals surface area contributed by atoms with Crippen LogP contribution in [0.5, 0.6) is 0 Å². The fraction of sp³-hybridized carbons (Fsp3) is 0.296. The van der Waals surface area contributed by atoms with Gasteiger partial charge in [0.2, 0.25) is 5.91 Å². The maximum Gasteiger partial charge on any atom is 0.229 e. The molecule has 0 saturated carbocycles. The monoisotopic (exact) mass is 416 g/mol. The Morgan fingerprint density at radius 1 is 0.871 bits per heavy atom. The predicted molar refractivity (Wildman–Crippen MR) is 124 cm³/mol. The van der Waals surface area contributed by atoms with E-state index in [-0.39, 0.29) is 29.1 Å². The number of amides is 1. The van der Waals surface area contributed by atoms with Crippen molar-refractivity contribution in [3.8, 4) is 11.1 Å². The molecule has 1 aliphatic rings. The summed E-state index contributed by atoms with van der Waals surface area (Å²) in [5.41, 5.74) is 3.93. The lowest BCUT2D eigenvalue weighted by Crippen LogP contribution is -2.40. The van der Waals surface area contributed by atoms with Gasteiger partial charge in [0.05, 0.1) is 5.92 Å². The molecule has 0 bridgehead atoms. The lowest BCUT2D eigenvalue weighted by atomic mass is 9.88. The lowest BCUT2D eigenvalue weighted by molar-refractivity contribution is -0.120. The van der Waals surface area contributed by atoms with Crippen molar-refractivity contribution in [2.24, 2.45) is 5.92 Å². The average Bonchev–Trinajstić information content (AvgIpc) is 3.22. The van der Waals surface area contributed by atoms with Gasteiger partial charge < -0.3 is 5.32 Å². The highest BCUT2D eigenvalue weighted by Crippen LogP contribution is 2.37. The van der Waals surface area contributed by atoms with Gasteiger partial charge in [-0.1, -0.05) is 54.6 Å². The van der Waals surface area contributed by atoms with Crippen molar-refractivity contribution in [3.05, 3.63) is 90.2 Å². The van der Waals surface area contributed by atoms with Gasteiger partial charge in [-0.25, -0.2) is 4.39 Å². The Bertz CT molecular complexity index is 1020. The summed E-state index contributed by atoms with van der Waals surface area (Å²) in [5, 5.41) is 3.12. The maximum absolute atomic E-state index is 13.3. The largest absolute Gasteiger partial charge is 0.326 e. The van der Waals surface area contributed by atoms with E-state index in [9.17, 15) is 9.18 Å². The van der Waals surface area contributed by atoms with Crippen LogP contribution in [-0.2, 0) is 4.79 Å². The van der Waals surface area contributed by atoms with Gasteiger partial charge in [0.25, 0.3) is 0 Å². The number of hydrogen-bond donors (Lipinski definition) is 1. The molecule has 0 radical (unpaired) electrons. The van der Waals surface area contributed by atoms with E-state index < -0.39 is 0 Å². The third-order valence-electron chi connectivity index (χ3n) is 6.16. The first kappa shape index (κ1) is 21.3. The third-order valence-corrected chi connectivity index (χ3v) is 6.16. The van der Waals surface area contributed by atoms with E-state index >= 15 is 0 Å². The van der Waals surface area contributed by atoms with Crippen molar-refractivity contribution in [1.82, 2.24) is 4.90 Å². The Balaban J connectivity index is 1.51. The first-order valence-corrected chi connectivity index (χ1v) is 10.8.